The lowest BCUT2D eigenvalue weighted by Gasteiger charge is -2.09. The number of aromatic nitrogens is 5. The second-order valence-electron chi connectivity index (χ2n) is 6.06. The van der Waals surface area contributed by atoms with Gasteiger partial charge in [0, 0.05) is 11.9 Å². The Balaban J connectivity index is 1.98. The fraction of sp³-hybridized carbons (Fsp3) is 0.158. The molecule has 0 unspecified atom stereocenters. The first-order chi connectivity index (χ1) is 13.4. The van der Waals surface area contributed by atoms with E-state index in [0.29, 0.717) is 11.4 Å². The largest absolute Gasteiger partial charge is 0.417 e. The van der Waals surface area contributed by atoms with Crippen LogP contribution in [-0.2, 0) is 12.6 Å². The Morgan fingerprint density at radius 1 is 0.964 bits per heavy atom. The quantitative estimate of drug-likeness (QED) is 0.482. The molecule has 9 heteroatoms. The van der Waals surface area contributed by atoms with Gasteiger partial charge >= 0.3 is 6.18 Å². The average molecular weight is 387 g/mol. The van der Waals surface area contributed by atoms with Gasteiger partial charge < -0.3 is 0 Å². The first kappa shape index (κ1) is 18.0. The molecule has 0 saturated heterocycles. The maximum atomic E-state index is 13.3. The van der Waals surface area contributed by atoms with Crippen molar-refractivity contribution in [1.82, 2.24) is 24.5 Å². The number of rotatable bonds is 3. The Labute approximate surface area is 156 Å². The minimum atomic E-state index is -4.54. The number of halogens is 4. The Morgan fingerprint density at radius 2 is 1.79 bits per heavy atom. The number of fused-ring (bicyclic) bond motifs is 1. The van der Waals surface area contributed by atoms with Gasteiger partial charge in [-0.25, -0.2) is 19.3 Å². The molecule has 0 aliphatic rings. The second kappa shape index (κ2) is 6.66. The molecule has 0 atom stereocenters. The zero-order valence-electron chi connectivity index (χ0n) is 14.6. The summed E-state index contributed by atoms with van der Waals surface area (Å²) in [7, 11) is 0. The third-order valence-corrected chi connectivity index (χ3v) is 4.21. The van der Waals surface area contributed by atoms with E-state index in [1.165, 1.54) is 12.1 Å². The van der Waals surface area contributed by atoms with Crippen molar-refractivity contribution in [1.29, 1.82) is 0 Å². The molecule has 4 rings (SSSR count). The maximum Gasteiger partial charge on any atom is 0.417 e. The summed E-state index contributed by atoms with van der Waals surface area (Å²) < 4.78 is 54.0. The highest BCUT2D eigenvalue weighted by atomic mass is 19.4. The predicted molar refractivity (Wildman–Crippen MR) is 94.2 cm³/mol. The molecular formula is C19H13F4N5. The van der Waals surface area contributed by atoms with E-state index in [2.05, 4.69) is 19.9 Å². The van der Waals surface area contributed by atoms with Gasteiger partial charge in [-0.3, -0.25) is 9.55 Å². The SMILES string of the molecule is CCc1ccc(-n2c(-c3ccc(F)cn3)nc3cc(C(F)(F)F)cnc32)cn1. The third kappa shape index (κ3) is 3.19. The van der Waals surface area contributed by atoms with Crippen LogP contribution in [0.3, 0.4) is 0 Å². The highest BCUT2D eigenvalue weighted by Crippen LogP contribution is 2.32. The molecule has 0 aliphatic heterocycles. The highest BCUT2D eigenvalue weighted by Gasteiger charge is 2.32. The lowest BCUT2D eigenvalue weighted by molar-refractivity contribution is -0.137. The minimum Gasteiger partial charge on any atom is -0.274 e. The normalized spacial score (nSPS) is 11.9. The number of pyridine rings is 3. The number of hydrogen-bond acceptors (Lipinski definition) is 4. The van der Waals surface area contributed by atoms with Crippen molar-refractivity contribution in [2.24, 2.45) is 0 Å². The summed E-state index contributed by atoms with van der Waals surface area (Å²) >= 11 is 0. The third-order valence-electron chi connectivity index (χ3n) is 4.21. The molecular weight excluding hydrogens is 374 g/mol. The van der Waals surface area contributed by atoms with Gasteiger partial charge in [0.2, 0.25) is 0 Å². The van der Waals surface area contributed by atoms with Crippen LogP contribution >= 0.6 is 0 Å². The van der Waals surface area contributed by atoms with Crippen molar-refractivity contribution in [2.75, 3.05) is 0 Å². The zero-order chi connectivity index (χ0) is 19.9. The molecule has 0 aromatic carbocycles. The van der Waals surface area contributed by atoms with Crippen LogP contribution in [0.4, 0.5) is 17.6 Å². The summed E-state index contributed by atoms with van der Waals surface area (Å²) in [5.74, 6) is -0.286. The molecule has 0 radical (unpaired) electrons. The van der Waals surface area contributed by atoms with E-state index >= 15 is 0 Å². The molecule has 0 N–H and O–H groups in total. The van der Waals surface area contributed by atoms with Crippen LogP contribution in [0.15, 0.2) is 48.9 Å². The van der Waals surface area contributed by atoms with E-state index < -0.39 is 17.6 Å². The highest BCUT2D eigenvalue weighted by molar-refractivity contribution is 5.79. The van der Waals surface area contributed by atoms with Gasteiger partial charge in [0.05, 0.1) is 23.6 Å². The lowest BCUT2D eigenvalue weighted by atomic mass is 10.2. The number of imidazole rings is 1. The summed E-state index contributed by atoms with van der Waals surface area (Å²) in [4.78, 5) is 16.6. The topological polar surface area (TPSA) is 56.5 Å². The molecule has 28 heavy (non-hydrogen) atoms. The standard InChI is InChI=1S/C19H13F4N5/c1-2-13-4-5-14(10-24-13)28-17-16(7-11(8-26-17)19(21,22)23)27-18(28)15-6-3-12(20)9-25-15/h3-10H,2H2,1H3. The first-order valence-corrected chi connectivity index (χ1v) is 8.39. The van der Waals surface area contributed by atoms with Gasteiger partial charge in [-0.15, -0.1) is 0 Å². The van der Waals surface area contributed by atoms with Gasteiger partial charge in [-0.1, -0.05) is 6.92 Å². The molecule has 0 fully saturated rings. The number of alkyl halides is 3. The van der Waals surface area contributed by atoms with Crippen molar-refractivity contribution >= 4 is 11.2 Å². The molecule has 0 bridgehead atoms. The Bertz CT molecular complexity index is 1130. The van der Waals surface area contributed by atoms with Crippen molar-refractivity contribution < 1.29 is 17.6 Å². The van der Waals surface area contributed by atoms with E-state index in [1.54, 1.807) is 16.8 Å². The van der Waals surface area contributed by atoms with Crippen molar-refractivity contribution in [2.45, 2.75) is 19.5 Å². The zero-order valence-corrected chi connectivity index (χ0v) is 14.6. The van der Waals surface area contributed by atoms with Crippen LogP contribution in [0.2, 0.25) is 0 Å². The van der Waals surface area contributed by atoms with Crippen molar-refractivity contribution in [3.8, 4) is 17.2 Å². The van der Waals surface area contributed by atoms with Crippen LogP contribution < -0.4 is 0 Å². The van der Waals surface area contributed by atoms with Gasteiger partial charge in [-0.2, -0.15) is 13.2 Å². The fourth-order valence-corrected chi connectivity index (χ4v) is 2.80. The summed E-state index contributed by atoms with van der Waals surface area (Å²) in [5, 5.41) is 0. The molecule has 5 nitrogen and oxygen atoms in total. The number of hydrogen-bond donors (Lipinski definition) is 0. The minimum absolute atomic E-state index is 0.0514. The summed E-state index contributed by atoms with van der Waals surface area (Å²) in [6.07, 6.45) is -0.428. The molecule has 142 valence electrons. The second-order valence-corrected chi connectivity index (χ2v) is 6.06. The predicted octanol–water partition coefficient (Wildman–Crippen LogP) is 4.60. The average Bonchev–Trinajstić information content (AvgIpc) is 3.06. The first-order valence-electron chi connectivity index (χ1n) is 8.39. The van der Waals surface area contributed by atoms with Gasteiger partial charge in [-0.05, 0) is 36.8 Å². The number of aryl methyl sites for hydroxylation is 1. The number of nitrogens with zero attached hydrogens (tertiary/aromatic N) is 5. The molecule has 0 aliphatic carbocycles. The van der Waals surface area contributed by atoms with E-state index in [-0.39, 0.29) is 17.0 Å². The maximum absolute atomic E-state index is 13.3. The van der Waals surface area contributed by atoms with Crippen molar-refractivity contribution in [3.63, 3.8) is 0 Å². The van der Waals surface area contributed by atoms with E-state index in [1.807, 2.05) is 13.0 Å². The van der Waals surface area contributed by atoms with Crippen molar-refractivity contribution in [3.05, 3.63) is 66.0 Å². The van der Waals surface area contributed by atoms with E-state index in [9.17, 15) is 17.6 Å². The van der Waals surface area contributed by atoms with Crippen LogP contribution in [0, 0.1) is 5.82 Å². The molecule has 0 amide bonds. The summed E-state index contributed by atoms with van der Waals surface area (Å²) in [6, 6.07) is 7.14. The Hall–Kier alpha value is -3.36. The fourth-order valence-electron chi connectivity index (χ4n) is 2.80. The monoisotopic (exact) mass is 387 g/mol. The van der Waals surface area contributed by atoms with E-state index in [4.69, 9.17) is 0 Å². The van der Waals surface area contributed by atoms with Crippen LogP contribution in [0.25, 0.3) is 28.4 Å². The summed E-state index contributed by atoms with van der Waals surface area (Å²) in [5.41, 5.74) is 1.10. The van der Waals surface area contributed by atoms with Crippen LogP contribution in [0.5, 0.6) is 0 Å². The molecule has 4 aromatic rings. The van der Waals surface area contributed by atoms with E-state index in [0.717, 1.165) is 30.6 Å². The Morgan fingerprint density at radius 3 is 2.39 bits per heavy atom. The molecule has 4 aromatic heterocycles. The van der Waals surface area contributed by atoms with Gasteiger partial charge in [0.15, 0.2) is 11.5 Å². The molecule has 0 spiro atoms. The molecule has 4 heterocycles. The summed E-state index contributed by atoms with van der Waals surface area (Å²) in [6.45, 7) is 1.96. The smallest absolute Gasteiger partial charge is 0.274 e. The van der Waals surface area contributed by atoms with Gasteiger partial charge in [0.25, 0.3) is 0 Å². The van der Waals surface area contributed by atoms with Crippen LogP contribution in [0.1, 0.15) is 18.2 Å². The van der Waals surface area contributed by atoms with Gasteiger partial charge in [0.1, 0.15) is 17.0 Å². The molecule has 0 saturated carbocycles. The van der Waals surface area contributed by atoms with Crippen LogP contribution in [-0.4, -0.2) is 24.5 Å². The Kier molecular flexibility index (Phi) is 4.29. The lowest BCUT2D eigenvalue weighted by Crippen LogP contribution is -2.06.